The van der Waals surface area contributed by atoms with Gasteiger partial charge in [-0.25, -0.2) is 9.97 Å². The number of likely N-dealkylation sites (tertiary alicyclic amines) is 1. The quantitative estimate of drug-likeness (QED) is 0.411. The molecular weight excluding hydrogens is 499 g/mol. The van der Waals surface area contributed by atoms with Crippen LogP contribution in [0.5, 0.6) is 0 Å². The van der Waals surface area contributed by atoms with Crippen LogP contribution >= 0.6 is 22.7 Å². The first-order valence-electron chi connectivity index (χ1n) is 10.8. The second-order valence-corrected chi connectivity index (χ2v) is 10.3. The van der Waals surface area contributed by atoms with Gasteiger partial charge in [0.1, 0.15) is 11.4 Å². The van der Waals surface area contributed by atoms with Crippen molar-refractivity contribution in [2.75, 3.05) is 13.1 Å². The summed E-state index contributed by atoms with van der Waals surface area (Å²) < 4.78 is 40.5. The van der Waals surface area contributed by atoms with Crippen molar-refractivity contribution in [2.45, 2.75) is 32.5 Å². The molecule has 0 bridgehead atoms. The number of halogens is 3. The molecule has 1 unspecified atom stereocenters. The van der Waals surface area contributed by atoms with Gasteiger partial charge >= 0.3 is 6.18 Å². The van der Waals surface area contributed by atoms with Crippen molar-refractivity contribution in [1.82, 2.24) is 24.6 Å². The Kier molecular flexibility index (Phi) is 5.88. The number of carbonyl (C=O) groups excluding carboxylic acids is 2. The molecule has 35 heavy (non-hydrogen) atoms. The zero-order valence-corrected chi connectivity index (χ0v) is 20.4. The predicted molar refractivity (Wildman–Crippen MR) is 127 cm³/mol. The fourth-order valence-electron chi connectivity index (χ4n) is 4.10. The van der Waals surface area contributed by atoms with E-state index in [-0.39, 0.29) is 30.1 Å². The van der Waals surface area contributed by atoms with Crippen LogP contribution in [0, 0.1) is 13.8 Å². The van der Waals surface area contributed by atoms with Gasteiger partial charge in [0.05, 0.1) is 27.2 Å². The summed E-state index contributed by atoms with van der Waals surface area (Å²) in [6.07, 6.45) is -1.91. The van der Waals surface area contributed by atoms with E-state index in [4.69, 9.17) is 0 Å². The van der Waals surface area contributed by atoms with E-state index in [0.29, 0.717) is 33.4 Å². The molecule has 1 atom stereocenters. The molecule has 0 spiro atoms. The normalized spacial score (nSPS) is 15.9. The van der Waals surface area contributed by atoms with Crippen LogP contribution in [0.15, 0.2) is 35.8 Å². The van der Waals surface area contributed by atoms with Crippen LogP contribution in [0.25, 0.3) is 15.4 Å². The van der Waals surface area contributed by atoms with Gasteiger partial charge in [0.2, 0.25) is 0 Å². The van der Waals surface area contributed by atoms with Crippen molar-refractivity contribution in [3.8, 4) is 10.4 Å². The second-order valence-electron chi connectivity index (χ2n) is 8.24. The minimum Gasteiger partial charge on any atom is -0.349 e. The predicted octanol–water partition coefficient (Wildman–Crippen LogP) is 4.80. The maximum Gasteiger partial charge on any atom is 0.416 e. The Hall–Kier alpha value is -3.25. The lowest BCUT2D eigenvalue weighted by Crippen LogP contribution is -2.56. The summed E-state index contributed by atoms with van der Waals surface area (Å²) in [5, 5.41) is 5.40. The first kappa shape index (κ1) is 23.5. The van der Waals surface area contributed by atoms with Gasteiger partial charge in [-0.15, -0.1) is 22.7 Å². The molecule has 1 aliphatic rings. The lowest BCUT2D eigenvalue weighted by Gasteiger charge is -2.40. The molecule has 1 fully saturated rings. The van der Waals surface area contributed by atoms with Crippen LogP contribution in [-0.4, -0.2) is 50.2 Å². The van der Waals surface area contributed by atoms with Crippen LogP contribution in [0.3, 0.4) is 0 Å². The van der Waals surface area contributed by atoms with Crippen LogP contribution in [0.4, 0.5) is 13.2 Å². The molecule has 7 nitrogen and oxygen atoms in total. The number of thiazole rings is 2. The Bertz CT molecular complexity index is 1420. The summed E-state index contributed by atoms with van der Waals surface area (Å²) in [5.74, 6) is -0.557. The molecule has 5 rings (SSSR count). The SMILES string of the molecule is Cc1nc(C(=O)N2CCC2CNC(=O)c2c(C)nc3sccn23)c(-c2ccc(C(F)(F)F)cc2)s1. The second kappa shape index (κ2) is 8.76. The van der Waals surface area contributed by atoms with Crippen molar-refractivity contribution < 1.29 is 22.8 Å². The number of hydrogen-bond acceptors (Lipinski definition) is 6. The van der Waals surface area contributed by atoms with Crippen molar-refractivity contribution >= 4 is 39.4 Å². The van der Waals surface area contributed by atoms with E-state index in [1.165, 1.54) is 34.8 Å². The Morgan fingerprint density at radius 2 is 1.91 bits per heavy atom. The zero-order valence-electron chi connectivity index (χ0n) is 18.7. The molecule has 1 saturated heterocycles. The fraction of sp³-hybridized carbons (Fsp3) is 0.304. The van der Waals surface area contributed by atoms with E-state index in [0.717, 1.165) is 23.5 Å². The number of alkyl halides is 3. The van der Waals surface area contributed by atoms with Gasteiger partial charge in [0, 0.05) is 24.7 Å². The van der Waals surface area contributed by atoms with Gasteiger partial charge in [0.25, 0.3) is 11.8 Å². The monoisotopic (exact) mass is 519 g/mol. The minimum absolute atomic E-state index is 0.194. The molecule has 4 heterocycles. The topological polar surface area (TPSA) is 79.6 Å². The molecule has 2 amide bonds. The number of benzene rings is 1. The number of hydrogen-bond donors (Lipinski definition) is 1. The Morgan fingerprint density at radius 1 is 1.17 bits per heavy atom. The van der Waals surface area contributed by atoms with E-state index >= 15 is 0 Å². The highest BCUT2D eigenvalue weighted by Crippen LogP contribution is 2.35. The average Bonchev–Trinajstić information content (AvgIpc) is 3.46. The number of aryl methyl sites for hydroxylation is 2. The summed E-state index contributed by atoms with van der Waals surface area (Å²) in [5.41, 5.74) is 1.08. The highest BCUT2D eigenvalue weighted by atomic mass is 32.1. The molecule has 12 heteroatoms. The van der Waals surface area contributed by atoms with Gasteiger partial charge in [-0.2, -0.15) is 13.2 Å². The molecule has 182 valence electrons. The lowest BCUT2D eigenvalue weighted by molar-refractivity contribution is -0.137. The van der Waals surface area contributed by atoms with E-state index in [1.54, 1.807) is 29.3 Å². The summed E-state index contributed by atoms with van der Waals surface area (Å²) in [6.45, 7) is 4.33. The maximum atomic E-state index is 13.3. The molecule has 3 aromatic heterocycles. The van der Waals surface area contributed by atoms with Crippen molar-refractivity contribution in [3.05, 3.63) is 63.5 Å². The van der Waals surface area contributed by atoms with E-state index in [9.17, 15) is 22.8 Å². The Morgan fingerprint density at radius 3 is 2.57 bits per heavy atom. The fourth-order valence-corrected chi connectivity index (χ4v) is 5.77. The smallest absolute Gasteiger partial charge is 0.349 e. The van der Waals surface area contributed by atoms with E-state index < -0.39 is 11.7 Å². The lowest BCUT2D eigenvalue weighted by atomic mass is 10.0. The van der Waals surface area contributed by atoms with Gasteiger partial charge in [-0.05, 0) is 38.0 Å². The molecule has 0 aliphatic carbocycles. The van der Waals surface area contributed by atoms with Gasteiger partial charge in [-0.3, -0.25) is 14.0 Å². The highest BCUT2D eigenvalue weighted by Gasteiger charge is 2.36. The molecule has 4 aromatic rings. The summed E-state index contributed by atoms with van der Waals surface area (Å²) >= 11 is 2.71. The van der Waals surface area contributed by atoms with Gasteiger partial charge < -0.3 is 10.2 Å². The molecule has 1 aliphatic heterocycles. The van der Waals surface area contributed by atoms with Gasteiger partial charge in [-0.1, -0.05) is 12.1 Å². The number of nitrogens with one attached hydrogen (secondary N) is 1. The zero-order chi connectivity index (χ0) is 24.9. The van der Waals surface area contributed by atoms with Crippen LogP contribution < -0.4 is 5.32 Å². The van der Waals surface area contributed by atoms with Crippen molar-refractivity contribution in [2.24, 2.45) is 0 Å². The number of aromatic nitrogens is 3. The van der Waals surface area contributed by atoms with Crippen LogP contribution in [-0.2, 0) is 6.18 Å². The molecule has 1 N–H and O–H groups in total. The minimum atomic E-state index is -4.43. The Labute approximate surface area is 206 Å². The van der Waals surface area contributed by atoms with Crippen LogP contribution in [0.2, 0.25) is 0 Å². The third kappa shape index (κ3) is 4.31. The molecular formula is C23H20F3N5O2S2. The Balaban J connectivity index is 1.30. The maximum absolute atomic E-state index is 13.3. The largest absolute Gasteiger partial charge is 0.416 e. The van der Waals surface area contributed by atoms with Crippen molar-refractivity contribution in [1.29, 1.82) is 0 Å². The summed E-state index contributed by atoms with van der Waals surface area (Å²) in [4.78, 5) is 37.8. The number of rotatable bonds is 5. The summed E-state index contributed by atoms with van der Waals surface area (Å²) in [6, 6.07) is 4.53. The van der Waals surface area contributed by atoms with Crippen molar-refractivity contribution in [3.63, 3.8) is 0 Å². The van der Waals surface area contributed by atoms with Gasteiger partial charge in [0.15, 0.2) is 4.96 Å². The third-order valence-electron chi connectivity index (χ3n) is 5.97. The highest BCUT2D eigenvalue weighted by molar-refractivity contribution is 7.15. The molecule has 0 radical (unpaired) electrons. The first-order chi connectivity index (χ1) is 16.6. The van der Waals surface area contributed by atoms with E-state index in [1.807, 2.05) is 5.38 Å². The van der Waals surface area contributed by atoms with Crippen LogP contribution in [0.1, 0.15) is 43.7 Å². The average molecular weight is 520 g/mol. The number of amides is 2. The molecule has 1 aromatic carbocycles. The third-order valence-corrected chi connectivity index (χ3v) is 7.74. The number of nitrogens with zero attached hydrogens (tertiary/aromatic N) is 4. The number of imidazole rings is 1. The first-order valence-corrected chi connectivity index (χ1v) is 12.5. The molecule has 0 saturated carbocycles. The van der Waals surface area contributed by atoms with E-state index in [2.05, 4.69) is 15.3 Å². The number of carbonyl (C=O) groups is 2. The standard InChI is InChI=1S/C23H20F3N5O2S2/c1-12-18(31-9-10-34-22(31)28-12)20(32)27-11-16-7-8-30(16)21(33)17-19(35-13(2)29-17)14-3-5-15(6-4-14)23(24,25)26/h3-6,9-10,16H,7-8,11H2,1-2H3,(H,27,32). The number of fused-ring (bicyclic) bond motifs is 1. The summed E-state index contributed by atoms with van der Waals surface area (Å²) in [7, 11) is 0.